The molecule has 14 nitrogen and oxygen atoms in total. The van der Waals surface area contributed by atoms with Crippen LogP contribution in [0.2, 0.25) is 36.3 Å². The monoisotopic (exact) mass is 1610 g/mol. The van der Waals surface area contributed by atoms with E-state index in [0.29, 0.717) is 60.3 Å². The first-order chi connectivity index (χ1) is 44.6. The molecule has 0 bridgehead atoms. The van der Waals surface area contributed by atoms with Gasteiger partial charge in [0.05, 0.1) is 73.2 Å². The number of aromatic nitrogens is 2. The Hall–Kier alpha value is -0.801. The maximum atomic E-state index is 9.50. The van der Waals surface area contributed by atoms with Crippen molar-refractivity contribution in [3.05, 3.63) is 91.5 Å². The van der Waals surface area contributed by atoms with Crippen LogP contribution in [0.5, 0.6) is 0 Å². The molecule has 8 rings (SSSR count). The van der Waals surface area contributed by atoms with Gasteiger partial charge in [0.25, 0.3) is 0 Å². The number of hydrogen-bond acceptors (Lipinski definition) is 15. The van der Waals surface area contributed by atoms with E-state index in [1.165, 1.54) is 22.3 Å². The summed E-state index contributed by atoms with van der Waals surface area (Å²) in [6, 6.07) is 0. The van der Waals surface area contributed by atoms with Gasteiger partial charge in [0.1, 0.15) is 36.1 Å². The predicted octanol–water partition coefficient (Wildman–Crippen LogP) is 20.0. The van der Waals surface area contributed by atoms with Crippen LogP contribution in [0.15, 0.2) is 77.1 Å². The quantitative estimate of drug-likeness (QED) is 0.0337. The van der Waals surface area contributed by atoms with Crippen molar-refractivity contribution in [2.45, 2.75) is 309 Å². The molecule has 0 radical (unpaired) electrons. The molecule has 95 heavy (non-hydrogen) atoms. The summed E-state index contributed by atoms with van der Waals surface area (Å²) in [4.78, 5) is 9.79. The molecule has 536 valence electrons. The van der Waals surface area contributed by atoms with Gasteiger partial charge in [-0.3, -0.25) is 0 Å². The van der Waals surface area contributed by atoms with Crippen molar-refractivity contribution in [3.63, 3.8) is 0 Å². The summed E-state index contributed by atoms with van der Waals surface area (Å²) in [7, 11) is -1.44. The third-order valence-electron chi connectivity index (χ3n) is 22.6. The highest BCUT2D eigenvalue weighted by molar-refractivity contribution is 14.1. The van der Waals surface area contributed by atoms with Gasteiger partial charge >= 0.3 is 5.91 Å². The van der Waals surface area contributed by atoms with Crippen molar-refractivity contribution in [1.29, 1.82) is 0 Å². The summed E-state index contributed by atoms with van der Waals surface area (Å²) < 4.78 is 75.6. The van der Waals surface area contributed by atoms with E-state index in [4.69, 9.17) is 60.7 Å². The Morgan fingerprint density at radius 2 is 0.989 bits per heavy atom. The fraction of sp³-hybridized carbons (Fsp3) is 0.757. The minimum absolute atomic E-state index is 0.0195. The Morgan fingerprint density at radius 1 is 0.600 bits per heavy atom. The fourth-order valence-electron chi connectivity index (χ4n) is 14.3. The molecule has 2 aromatic heterocycles. The summed E-state index contributed by atoms with van der Waals surface area (Å²) in [5.74, 6) is 4.09. The number of halogens is 2. The summed E-state index contributed by atoms with van der Waals surface area (Å²) in [5.41, 5.74) is 6.65. The largest absolute Gasteiger partial charge is 0.445 e. The molecule has 0 saturated carbocycles. The van der Waals surface area contributed by atoms with E-state index in [1.807, 2.05) is 12.2 Å². The van der Waals surface area contributed by atoms with Gasteiger partial charge in [0.2, 0.25) is 11.8 Å². The lowest BCUT2D eigenvalue weighted by Gasteiger charge is -2.44. The normalized spacial score (nSPS) is 34.4. The van der Waals surface area contributed by atoms with Crippen LogP contribution in [-0.4, -0.2) is 124 Å². The van der Waals surface area contributed by atoms with Crippen molar-refractivity contribution in [1.82, 2.24) is 9.97 Å². The third-order valence-corrected chi connectivity index (χ3v) is 34.0. The van der Waals surface area contributed by atoms with E-state index in [2.05, 4.69) is 223 Å². The lowest BCUT2D eigenvalue weighted by atomic mass is 9.74. The van der Waals surface area contributed by atoms with E-state index in [1.54, 1.807) is 12.5 Å². The summed E-state index contributed by atoms with van der Waals surface area (Å²) in [6.07, 6.45) is 23.4. The first kappa shape index (κ1) is 81.5. The highest BCUT2D eigenvalue weighted by atomic mass is 127. The second-order valence-corrected chi connectivity index (χ2v) is 44.5. The zero-order chi connectivity index (χ0) is 69.9. The van der Waals surface area contributed by atoms with Gasteiger partial charge in [-0.05, 0) is 181 Å². The van der Waals surface area contributed by atoms with E-state index in [9.17, 15) is 5.11 Å². The average Bonchev–Trinajstić information content (AvgIpc) is 1.61. The Labute approximate surface area is 611 Å². The predicted molar refractivity (Wildman–Crippen MR) is 416 cm³/mol. The van der Waals surface area contributed by atoms with Gasteiger partial charge < -0.3 is 55.9 Å². The molecule has 6 aliphatic heterocycles. The van der Waals surface area contributed by atoms with E-state index >= 15 is 0 Å². The molecular formula is C74H122BI2N2O12PSSi2. The molecular weight excluding hydrogens is 1490 g/mol. The summed E-state index contributed by atoms with van der Waals surface area (Å²) in [5, 5.41) is 9.73. The zero-order valence-electron chi connectivity index (χ0n) is 61.1. The van der Waals surface area contributed by atoms with Crippen LogP contribution in [0.4, 0.5) is 0 Å². The van der Waals surface area contributed by atoms with E-state index in [0.717, 1.165) is 94.9 Å². The molecule has 21 heteroatoms. The molecule has 0 aliphatic carbocycles. The topological polar surface area (TPSA) is 155 Å². The Bertz CT molecular complexity index is 2880. The molecule has 6 saturated heterocycles. The Kier molecular flexibility index (Phi) is 31.4. The maximum Gasteiger partial charge on any atom is 0.380 e. The molecule has 1 N–H and O–H groups in total. The smallest absolute Gasteiger partial charge is 0.380 e. The summed E-state index contributed by atoms with van der Waals surface area (Å²) in [6.45, 7) is 50.7. The number of oxazole rings is 2. The first-order valence-electron chi connectivity index (χ1n) is 35.6. The second-order valence-electron chi connectivity index (χ2n) is 32.1. The number of aliphatic hydroxyl groups excluding tert-OH is 1. The third kappa shape index (κ3) is 23.4. The molecule has 0 spiro atoms. The van der Waals surface area contributed by atoms with Gasteiger partial charge in [-0.1, -0.05) is 165 Å². The highest BCUT2D eigenvalue weighted by Crippen LogP contribution is 2.46. The summed E-state index contributed by atoms with van der Waals surface area (Å²) >= 11 is 8.95. The van der Waals surface area contributed by atoms with Crippen molar-refractivity contribution in [2.24, 2.45) is 35.5 Å². The highest BCUT2D eigenvalue weighted by Gasteiger charge is 2.46. The molecule has 21 atom stereocenters. The van der Waals surface area contributed by atoms with E-state index in [-0.39, 0.29) is 108 Å². The van der Waals surface area contributed by atoms with Gasteiger partial charge in [0, 0.05) is 38.9 Å². The lowest BCUT2D eigenvalue weighted by molar-refractivity contribution is -0.126. The minimum atomic E-state index is -2.00. The number of ether oxygens (including phenoxy) is 6. The van der Waals surface area contributed by atoms with Crippen LogP contribution in [0, 0.1) is 35.5 Å². The maximum absolute atomic E-state index is 9.50. The molecule has 0 aromatic carbocycles. The first-order valence-corrected chi connectivity index (χ1v) is 45.1. The van der Waals surface area contributed by atoms with Gasteiger partial charge in [-0.25, -0.2) is 9.97 Å². The van der Waals surface area contributed by atoms with Crippen LogP contribution >= 0.6 is 66.8 Å². The van der Waals surface area contributed by atoms with E-state index < -0.39 is 16.6 Å². The number of hydrogen-bond donors (Lipinski definition) is 2. The van der Waals surface area contributed by atoms with Crippen LogP contribution in [0.1, 0.15) is 222 Å². The molecule has 6 fully saturated rings. The molecule has 2 aromatic rings. The van der Waals surface area contributed by atoms with Crippen molar-refractivity contribution < 1.29 is 55.9 Å². The van der Waals surface area contributed by atoms with Gasteiger partial charge in [-0.2, -0.15) is 12.5 Å². The number of rotatable bonds is 24. The van der Waals surface area contributed by atoms with Gasteiger partial charge in [0.15, 0.2) is 16.6 Å². The van der Waals surface area contributed by atoms with Gasteiger partial charge in [-0.15, -0.1) is 9.12 Å². The number of nitrogens with zero attached hydrogens (tertiary/aromatic N) is 2. The Balaban J connectivity index is 0.000000269. The standard InChI is InChI=1S/C37H62BINO6PSSi.C37H60INO6Si/c1-23-16-28(14-15-42-38(47)48)43-29(17-23)18-30-19-31(46-49(9,10)37(6,7)8)20-34(44-30)32-22-41-35(40-32)13-11-12-33-26(4)25(3)27(5)36(45-33)24(2)21-39;1-23-16-28(14-15-40)42-29(17-23)18-30-19-31(45-46(9,10)37(6,7)8)20-34(43-30)32-22-41-35(39-32)13-11-12-33-26(4)25(3)27(5)36(44-33)24(2)21-38/h11,13,21-22,25-31,33-34,36,48H,1,12,14-20,47H2,2-10H3;11,13,21-22,25-31,33-34,36,40H,1,12,14-20H2,2-10H3/b2*13-11+,24-21+/t2*25-,26+,27+,28-,29+,30+,31+,33+,34+,36-/m00/s1. The van der Waals surface area contributed by atoms with Crippen LogP contribution in [0.25, 0.3) is 12.2 Å². The average molecular weight is 1620 g/mol. The van der Waals surface area contributed by atoms with Crippen LogP contribution < -0.4 is 0 Å². The minimum Gasteiger partial charge on any atom is -0.445 e. The second kappa shape index (κ2) is 36.6. The number of aliphatic hydroxyl groups is 1. The molecule has 8 heterocycles. The van der Waals surface area contributed by atoms with Crippen LogP contribution in [-0.2, 0) is 41.9 Å². The molecule has 6 aliphatic rings. The Morgan fingerprint density at radius 3 is 1.36 bits per heavy atom. The SMILES string of the molecule is C=C1C[C@H](C[C@@H]2C[C@@H](O[Si](C)(C)C(C)(C)C)C[C@H](c3coc(/C=C/C[C@H]4O[C@@H](/C(C)=C/I)[C@H](C)[C@@H](C)[C@H]4C)n3)O2)O[C@@H](CCO)C1.C=C1C[C@H](C[C@@H]2C[C@@H](O[Si](C)(C)C(C)(C)C)C[C@H](c3coc(/C=C/C[C@H]4O[C@@H](/C(C)=C/I)[C@H](C)[C@@H](C)[C@H]4C)n3)O2)O[C@@H](CCOB(P)S)C1. The van der Waals surface area contributed by atoms with Crippen LogP contribution in [0.3, 0.4) is 0 Å². The van der Waals surface area contributed by atoms with Crippen molar-refractivity contribution >= 4 is 101 Å². The number of thiol groups is 1. The fourth-order valence-corrected chi connectivity index (χ4v) is 18.0. The molecule has 0 amide bonds. The van der Waals surface area contributed by atoms with Crippen molar-refractivity contribution in [2.75, 3.05) is 13.2 Å². The van der Waals surface area contributed by atoms with Crippen molar-refractivity contribution in [3.8, 4) is 0 Å². The zero-order valence-corrected chi connectivity index (χ0v) is 69.4. The lowest BCUT2D eigenvalue weighted by Crippen LogP contribution is -2.47. The molecule has 1 unspecified atom stereocenters.